The van der Waals surface area contributed by atoms with Crippen LogP contribution in [0.3, 0.4) is 0 Å². The van der Waals surface area contributed by atoms with Crippen LogP contribution in [0.25, 0.3) is 0 Å². The van der Waals surface area contributed by atoms with Crippen molar-refractivity contribution in [2.24, 2.45) is 5.73 Å². The zero-order valence-electron chi connectivity index (χ0n) is 14.0. The number of carbonyl (C=O) groups is 1. The van der Waals surface area contributed by atoms with Crippen LogP contribution in [0.4, 0.5) is 0 Å². The summed E-state index contributed by atoms with van der Waals surface area (Å²) in [5.74, 6) is 3.31. The van der Waals surface area contributed by atoms with E-state index in [1.807, 2.05) is 36.1 Å². The van der Waals surface area contributed by atoms with E-state index in [-0.39, 0.29) is 29.1 Å². The first-order chi connectivity index (χ1) is 11.1. The molecule has 1 fully saturated rings. The van der Waals surface area contributed by atoms with Crippen LogP contribution in [0.1, 0.15) is 13.3 Å². The molecule has 0 aliphatic carbocycles. The summed E-state index contributed by atoms with van der Waals surface area (Å²) in [7, 11) is 1.62. The third kappa shape index (κ3) is 6.27. The van der Waals surface area contributed by atoms with Crippen LogP contribution in [0.5, 0.6) is 11.5 Å². The van der Waals surface area contributed by atoms with Gasteiger partial charge in [0.25, 0.3) is 0 Å². The Morgan fingerprint density at radius 1 is 1.46 bits per heavy atom. The Morgan fingerprint density at radius 3 is 2.83 bits per heavy atom. The van der Waals surface area contributed by atoms with Crippen LogP contribution >= 0.6 is 35.9 Å². The van der Waals surface area contributed by atoms with Gasteiger partial charge in [0.1, 0.15) is 12.0 Å². The second kappa shape index (κ2) is 11.0. The first-order valence-corrected chi connectivity index (χ1v) is 9.75. The molecule has 5 nitrogen and oxygen atoms in total. The fourth-order valence-electron chi connectivity index (χ4n) is 2.32. The molecule has 0 spiro atoms. The molecule has 1 aromatic carbocycles. The van der Waals surface area contributed by atoms with Crippen molar-refractivity contribution >= 4 is 41.8 Å². The summed E-state index contributed by atoms with van der Waals surface area (Å²) in [6.07, 6.45) is 0.526. The Kier molecular flexibility index (Phi) is 9.73. The van der Waals surface area contributed by atoms with E-state index < -0.39 is 0 Å². The first kappa shape index (κ1) is 21.3. The van der Waals surface area contributed by atoms with Gasteiger partial charge in [-0.15, -0.1) is 35.9 Å². The predicted octanol–water partition coefficient (Wildman–Crippen LogP) is 2.83. The van der Waals surface area contributed by atoms with Gasteiger partial charge in [-0.25, -0.2) is 0 Å². The van der Waals surface area contributed by atoms with Crippen molar-refractivity contribution in [2.75, 3.05) is 31.8 Å². The molecule has 1 aromatic rings. The molecule has 2 N–H and O–H groups in total. The zero-order valence-corrected chi connectivity index (χ0v) is 16.4. The van der Waals surface area contributed by atoms with Crippen molar-refractivity contribution in [3.63, 3.8) is 0 Å². The maximum Gasteiger partial charge on any atom is 0.224 e. The lowest BCUT2D eigenvalue weighted by molar-refractivity contribution is -0.131. The molecule has 1 saturated heterocycles. The van der Waals surface area contributed by atoms with Gasteiger partial charge in [-0.1, -0.05) is 12.1 Å². The maximum atomic E-state index is 12.3. The van der Waals surface area contributed by atoms with Gasteiger partial charge >= 0.3 is 0 Å². The topological polar surface area (TPSA) is 64.8 Å². The number of nitrogens with two attached hydrogens (primary N) is 1. The van der Waals surface area contributed by atoms with E-state index >= 15 is 0 Å². The number of hydrogen-bond acceptors (Lipinski definition) is 6. The van der Waals surface area contributed by atoms with E-state index in [1.54, 1.807) is 30.6 Å². The normalized spacial score (nSPS) is 18.0. The third-order valence-corrected chi connectivity index (χ3v) is 5.62. The van der Waals surface area contributed by atoms with Crippen LogP contribution in [0.2, 0.25) is 0 Å². The van der Waals surface area contributed by atoms with Gasteiger partial charge in [0, 0.05) is 29.8 Å². The summed E-state index contributed by atoms with van der Waals surface area (Å²) >= 11 is 3.37. The van der Waals surface area contributed by atoms with Crippen LogP contribution in [0.15, 0.2) is 24.3 Å². The Morgan fingerprint density at radius 2 is 2.17 bits per heavy atom. The minimum absolute atomic E-state index is 0. The number of ether oxygens (including phenoxy) is 2. The Bertz CT molecular complexity index is 520. The maximum absolute atomic E-state index is 12.3. The lowest BCUT2D eigenvalue weighted by Gasteiger charge is -2.24. The van der Waals surface area contributed by atoms with Crippen LogP contribution in [0, 0.1) is 0 Å². The lowest BCUT2D eigenvalue weighted by atomic mass is 10.3. The number of thioether (sulfide) groups is 2. The van der Waals surface area contributed by atoms with E-state index in [9.17, 15) is 4.79 Å². The highest BCUT2D eigenvalue weighted by molar-refractivity contribution is 8.00. The highest BCUT2D eigenvalue weighted by Crippen LogP contribution is 2.29. The van der Waals surface area contributed by atoms with Crippen LogP contribution < -0.4 is 15.2 Å². The summed E-state index contributed by atoms with van der Waals surface area (Å²) in [4.78, 5) is 14.3. The zero-order chi connectivity index (χ0) is 16.7. The van der Waals surface area contributed by atoms with Gasteiger partial charge in [-0.3, -0.25) is 4.79 Å². The first-order valence-electron chi connectivity index (χ1n) is 7.66. The van der Waals surface area contributed by atoms with Crippen molar-refractivity contribution in [3.05, 3.63) is 24.3 Å². The van der Waals surface area contributed by atoms with Crippen molar-refractivity contribution in [3.8, 4) is 11.5 Å². The molecule has 1 heterocycles. The molecule has 1 aliphatic heterocycles. The molecular formula is C16H25ClN2O3S2. The summed E-state index contributed by atoms with van der Waals surface area (Å²) < 4.78 is 11.2. The second-order valence-corrected chi connectivity index (χ2v) is 7.97. The fraction of sp³-hybridized carbons (Fsp3) is 0.562. The van der Waals surface area contributed by atoms with Crippen LogP contribution in [-0.4, -0.2) is 53.3 Å². The van der Waals surface area contributed by atoms with E-state index in [1.165, 1.54) is 0 Å². The predicted molar refractivity (Wildman–Crippen MR) is 104 cm³/mol. The highest BCUT2D eigenvalue weighted by atomic mass is 35.5. The lowest BCUT2D eigenvalue weighted by Crippen LogP contribution is -2.38. The number of benzene rings is 1. The van der Waals surface area contributed by atoms with Gasteiger partial charge < -0.3 is 20.1 Å². The van der Waals surface area contributed by atoms with Crippen molar-refractivity contribution in [1.82, 2.24) is 4.90 Å². The van der Waals surface area contributed by atoms with Crippen molar-refractivity contribution in [2.45, 2.75) is 24.1 Å². The molecule has 1 amide bonds. The standard InChI is InChI=1S/C16H24N2O3S2.ClH/c1-12(17)22-9-7-15(19)18-8-10-23-16(18)11-21-14-6-4-3-5-13(14)20-2;/h3-6,12,16H,7-11,17H2,1-2H3;1H. The Labute approximate surface area is 158 Å². The molecule has 8 heteroatoms. The minimum Gasteiger partial charge on any atom is -0.493 e. The summed E-state index contributed by atoms with van der Waals surface area (Å²) in [6, 6.07) is 7.56. The van der Waals surface area contributed by atoms with E-state index in [2.05, 4.69) is 0 Å². The molecule has 1 aliphatic rings. The summed E-state index contributed by atoms with van der Waals surface area (Å²) in [5, 5.41) is 0.133. The van der Waals surface area contributed by atoms with Gasteiger partial charge in [0.2, 0.25) is 5.91 Å². The highest BCUT2D eigenvalue weighted by Gasteiger charge is 2.29. The molecule has 2 unspecified atom stereocenters. The molecular weight excluding hydrogens is 368 g/mol. The second-order valence-electron chi connectivity index (χ2n) is 5.20. The van der Waals surface area contributed by atoms with Crippen molar-refractivity contribution in [1.29, 1.82) is 0 Å². The number of para-hydroxylation sites is 2. The molecule has 136 valence electrons. The average Bonchev–Trinajstić information content (AvgIpc) is 3.01. The number of carbonyl (C=O) groups excluding carboxylic acids is 1. The van der Waals surface area contributed by atoms with E-state index in [4.69, 9.17) is 15.2 Å². The molecule has 2 rings (SSSR count). The van der Waals surface area contributed by atoms with Crippen LogP contribution in [-0.2, 0) is 4.79 Å². The number of methoxy groups -OCH3 is 1. The van der Waals surface area contributed by atoms with Gasteiger partial charge in [0.05, 0.1) is 7.11 Å². The summed E-state index contributed by atoms with van der Waals surface area (Å²) in [6.45, 7) is 3.19. The SMILES string of the molecule is COc1ccccc1OCC1SCCN1C(=O)CCSC(C)N.Cl. The molecule has 0 bridgehead atoms. The fourth-order valence-corrected chi connectivity index (χ4v) is 4.12. The number of amides is 1. The Hall–Kier alpha value is -0.760. The monoisotopic (exact) mass is 392 g/mol. The number of halogens is 1. The molecule has 0 aromatic heterocycles. The van der Waals surface area contributed by atoms with E-state index in [0.29, 0.717) is 24.5 Å². The molecule has 24 heavy (non-hydrogen) atoms. The van der Waals surface area contributed by atoms with Gasteiger partial charge in [-0.2, -0.15) is 0 Å². The Balaban J connectivity index is 0.00000288. The van der Waals surface area contributed by atoms with Gasteiger partial charge in [0.15, 0.2) is 11.5 Å². The molecule has 2 atom stereocenters. The molecule has 0 radical (unpaired) electrons. The smallest absolute Gasteiger partial charge is 0.224 e. The molecule has 0 saturated carbocycles. The van der Waals surface area contributed by atoms with Crippen molar-refractivity contribution < 1.29 is 14.3 Å². The number of nitrogens with zero attached hydrogens (tertiary/aromatic N) is 1. The van der Waals surface area contributed by atoms with Gasteiger partial charge in [-0.05, 0) is 19.1 Å². The third-order valence-electron chi connectivity index (χ3n) is 3.46. The number of rotatable bonds is 8. The summed E-state index contributed by atoms with van der Waals surface area (Å²) in [5.41, 5.74) is 5.70. The largest absolute Gasteiger partial charge is 0.493 e. The van der Waals surface area contributed by atoms with E-state index in [0.717, 1.165) is 18.1 Å². The number of hydrogen-bond donors (Lipinski definition) is 1. The average molecular weight is 393 g/mol. The minimum atomic E-state index is 0. The quantitative estimate of drug-likeness (QED) is 0.686.